The highest BCUT2D eigenvalue weighted by Crippen LogP contribution is 2.08. The van der Waals surface area contributed by atoms with E-state index >= 15 is 0 Å². The number of ketones is 1. The molecule has 0 saturated heterocycles. The first-order valence-corrected chi connectivity index (χ1v) is 7.09. The highest BCUT2D eigenvalue weighted by molar-refractivity contribution is 5.97. The summed E-state index contributed by atoms with van der Waals surface area (Å²) in [7, 11) is 0. The van der Waals surface area contributed by atoms with Gasteiger partial charge in [-0.05, 0) is 37.2 Å². The molecule has 120 valence electrons. The summed E-state index contributed by atoms with van der Waals surface area (Å²) in [4.78, 5) is 23.6. The summed E-state index contributed by atoms with van der Waals surface area (Å²) in [6.45, 7) is 2.32. The van der Waals surface area contributed by atoms with E-state index in [-0.39, 0.29) is 42.8 Å². The van der Waals surface area contributed by atoms with E-state index in [1.807, 2.05) is 0 Å². The van der Waals surface area contributed by atoms with Crippen molar-refractivity contribution in [1.29, 1.82) is 0 Å². The van der Waals surface area contributed by atoms with Gasteiger partial charge in [0.1, 0.15) is 5.82 Å². The molecule has 4 nitrogen and oxygen atoms in total. The van der Waals surface area contributed by atoms with E-state index < -0.39 is 0 Å². The Bertz CT molecular complexity index is 544. The van der Waals surface area contributed by atoms with Gasteiger partial charge in [0.2, 0.25) is 5.91 Å². The Kier molecular flexibility index (Phi) is 7.77. The highest BCUT2D eigenvalue weighted by Gasteiger charge is 2.10. The van der Waals surface area contributed by atoms with E-state index in [4.69, 9.17) is 0 Å². The first-order valence-electron chi connectivity index (χ1n) is 7.09. The maximum Gasteiger partial charge on any atom is 0.220 e. The minimum absolute atomic E-state index is 0. The lowest BCUT2D eigenvalue weighted by molar-refractivity contribution is -0.120. The van der Waals surface area contributed by atoms with Crippen LogP contribution in [0.5, 0.6) is 0 Å². The van der Waals surface area contributed by atoms with E-state index in [1.54, 1.807) is 0 Å². The number of amides is 1. The van der Waals surface area contributed by atoms with Gasteiger partial charge in [0.05, 0.1) is 0 Å². The second-order valence-corrected chi connectivity index (χ2v) is 5.02. The van der Waals surface area contributed by atoms with Crippen LogP contribution in [0.15, 0.2) is 35.9 Å². The Hall–Kier alpha value is -1.72. The van der Waals surface area contributed by atoms with Gasteiger partial charge in [-0.25, -0.2) is 4.39 Å². The van der Waals surface area contributed by atoms with Gasteiger partial charge in [0.15, 0.2) is 5.78 Å². The lowest BCUT2D eigenvalue weighted by Crippen LogP contribution is -2.29. The average molecular weight is 327 g/mol. The molecule has 1 aromatic rings. The van der Waals surface area contributed by atoms with Gasteiger partial charge in [0.25, 0.3) is 0 Å². The molecular weight excluding hydrogens is 307 g/mol. The molecular formula is C16H20ClFN2O2. The van der Waals surface area contributed by atoms with E-state index in [2.05, 4.69) is 16.7 Å². The fourth-order valence-electron chi connectivity index (χ4n) is 2.14. The van der Waals surface area contributed by atoms with Crippen molar-refractivity contribution in [1.82, 2.24) is 10.6 Å². The third-order valence-corrected chi connectivity index (χ3v) is 3.42. The van der Waals surface area contributed by atoms with Crippen LogP contribution in [0.1, 0.15) is 29.6 Å². The number of hydrogen-bond acceptors (Lipinski definition) is 3. The number of carbonyl (C=O) groups is 2. The molecule has 1 aliphatic heterocycles. The van der Waals surface area contributed by atoms with Gasteiger partial charge in [-0.15, -0.1) is 12.4 Å². The van der Waals surface area contributed by atoms with Crippen LogP contribution in [0.4, 0.5) is 4.39 Å². The van der Waals surface area contributed by atoms with Gasteiger partial charge in [-0.2, -0.15) is 0 Å². The minimum Gasteiger partial charge on any atom is -0.352 e. The number of halogens is 2. The summed E-state index contributed by atoms with van der Waals surface area (Å²) in [5.41, 5.74) is 1.65. The van der Waals surface area contributed by atoms with Crippen molar-refractivity contribution >= 4 is 24.1 Å². The fraction of sp³-hybridized carbons (Fsp3) is 0.375. The summed E-state index contributed by atoms with van der Waals surface area (Å²) in [6, 6.07) is 5.37. The van der Waals surface area contributed by atoms with Crippen LogP contribution >= 0.6 is 12.4 Å². The van der Waals surface area contributed by atoms with Crippen molar-refractivity contribution in [2.24, 2.45) is 0 Å². The molecule has 0 fully saturated rings. The summed E-state index contributed by atoms with van der Waals surface area (Å²) >= 11 is 0. The largest absolute Gasteiger partial charge is 0.352 e. The standard InChI is InChI=1S/C16H19FN2O2.ClH/c17-14-3-1-13(2-4-14)15(20)5-6-16(21)19-11-12-7-9-18-10-8-12;/h1-4,7,18H,5-6,8-11H2,(H,19,21);1H. The molecule has 22 heavy (non-hydrogen) atoms. The van der Waals surface area contributed by atoms with Crippen LogP contribution in [-0.4, -0.2) is 31.3 Å². The zero-order valence-electron chi connectivity index (χ0n) is 12.2. The topological polar surface area (TPSA) is 58.2 Å². The Labute approximate surface area is 135 Å². The molecule has 0 aromatic heterocycles. The smallest absolute Gasteiger partial charge is 0.220 e. The number of nitrogens with one attached hydrogen (secondary N) is 2. The van der Waals surface area contributed by atoms with Crippen LogP contribution in [0.3, 0.4) is 0 Å². The summed E-state index contributed by atoms with van der Waals surface area (Å²) in [5.74, 6) is -0.657. The Morgan fingerprint density at radius 3 is 2.55 bits per heavy atom. The van der Waals surface area contributed by atoms with Crippen LogP contribution in [-0.2, 0) is 4.79 Å². The predicted octanol–water partition coefficient (Wildman–Crippen LogP) is 2.25. The van der Waals surface area contributed by atoms with Crippen LogP contribution in [0.25, 0.3) is 0 Å². The Morgan fingerprint density at radius 1 is 1.18 bits per heavy atom. The number of Topliss-reactive ketones (excluding diaryl/α,β-unsaturated/α-hetero) is 1. The Balaban J connectivity index is 0.00000242. The first kappa shape index (κ1) is 18.3. The molecule has 0 radical (unpaired) electrons. The van der Waals surface area contributed by atoms with Crippen molar-refractivity contribution < 1.29 is 14.0 Å². The summed E-state index contributed by atoms with van der Waals surface area (Å²) < 4.78 is 12.8. The number of rotatable bonds is 6. The molecule has 0 saturated carbocycles. The van der Waals surface area contributed by atoms with Gasteiger partial charge in [0, 0.05) is 31.5 Å². The molecule has 0 atom stereocenters. The molecule has 1 aromatic carbocycles. The summed E-state index contributed by atoms with van der Waals surface area (Å²) in [6.07, 6.45) is 3.31. The predicted molar refractivity (Wildman–Crippen MR) is 85.8 cm³/mol. The van der Waals surface area contributed by atoms with Crippen molar-refractivity contribution in [3.8, 4) is 0 Å². The van der Waals surface area contributed by atoms with E-state index in [0.717, 1.165) is 19.5 Å². The average Bonchev–Trinajstić information content (AvgIpc) is 2.52. The van der Waals surface area contributed by atoms with Crippen LogP contribution in [0.2, 0.25) is 0 Å². The van der Waals surface area contributed by atoms with Gasteiger partial charge in [-0.3, -0.25) is 9.59 Å². The SMILES string of the molecule is Cl.O=C(CCC(=O)c1ccc(F)cc1)NCC1=CCNCC1. The van der Waals surface area contributed by atoms with Crippen molar-refractivity contribution in [3.05, 3.63) is 47.3 Å². The monoisotopic (exact) mass is 326 g/mol. The highest BCUT2D eigenvalue weighted by atomic mass is 35.5. The van der Waals surface area contributed by atoms with E-state index in [1.165, 1.54) is 29.8 Å². The molecule has 6 heteroatoms. The molecule has 1 amide bonds. The van der Waals surface area contributed by atoms with E-state index in [9.17, 15) is 14.0 Å². The second-order valence-electron chi connectivity index (χ2n) is 5.02. The van der Waals surface area contributed by atoms with Crippen LogP contribution < -0.4 is 10.6 Å². The van der Waals surface area contributed by atoms with Crippen molar-refractivity contribution in [2.75, 3.05) is 19.6 Å². The third kappa shape index (κ3) is 5.95. The van der Waals surface area contributed by atoms with E-state index in [0.29, 0.717) is 12.1 Å². The quantitative estimate of drug-likeness (QED) is 0.622. The maximum atomic E-state index is 12.8. The third-order valence-electron chi connectivity index (χ3n) is 3.42. The zero-order chi connectivity index (χ0) is 15.1. The lowest BCUT2D eigenvalue weighted by atomic mass is 10.1. The molecule has 0 aliphatic carbocycles. The van der Waals surface area contributed by atoms with Crippen molar-refractivity contribution in [3.63, 3.8) is 0 Å². The van der Waals surface area contributed by atoms with Crippen LogP contribution in [0, 0.1) is 5.82 Å². The maximum absolute atomic E-state index is 12.8. The molecule has 1 heterocycles. The molecule has 2 rings (SSSR count). The molecule has 2 N–H and O–H groups in total. The van der Waals surface area contributed by atoms with Gasteiger partial charge in [-0.1, -0.05) is 11.6 Å². The normalized spacial score (nSPS) is 13.8. The fourth-order valence-corrected chi connectivity index (χ4v) is 2.14. The van der Waals surface area contributed by atoms with Gasteiger partial charge >= 0.3 is 0 Å². The summed E-state index contributed by atoms with van der Waals surface area (Å²) in [5, 5.41) is 6.03. The number of carbonyl (C=O) groups excluding carboxylic acids is 2. The zero-order valence-corrected chi connectivity index (χ0v) is 13.0. The van der Waals surface area contributed by atoms with Gasteiger partial charge < -0.3 is 10.6 Å². The number of hydrogen-bond donors (Lipinski definition) is 2. The second kappa shape index (κ2) is 9.33. The van der Waals surface area contributed by atoms with Crippen molar-refractivity contribution in [2.45, 2.75) is 19.3 Å². The lowest BCUT2D eigenvalue weighted by Gasteiger charge is -2.14. The minimum atomic E-state index is -0.375. The number of benzene rings is 1. The molecule has 0 bridgehead atoms. The Morgan fingerprint density at radius 2 is 1.91 bits per heavy atom. The molecule has 1 aliphatic rings. The first-order chi connectivity index (χ1) is 10.1. The molecule has 0 unspecified atom stereocenters. The molecule has 0 spiro atoms.